The van der Waals surface area contributed by atoms with Gasteiger partial charge in [-0.2, -0.15) is 0 Å². The number of carboxylic acids is 1. The zero-order valence-electron chi connectivity index (χ0n) is 10.0. The fraction of sp³-hybridized carbons (Fsp3) is 0.462. The standard InChI is InChI=1S/C13H18O4/c1-16-10-17-12-7-4-6-11(9-12)5-2-3-8-13(14)15/h4,6-7,9H,2-3,5,8,10H2,1H3,(H,14,15). The van der Waals surface area contributed by atoms with Crippen LogP contribution in [-0.2, 0) is 16.0 Å². The van der Waals surface area contributed by atoms with E-state index in [9.17, 15) is 4.79 Å². The van der Waals surface area contributed by atoms with Gasteiger partial charge in [0, 0.05) is 13.5 Å². The fourth-order valence-electron chi connectivity index (χ4n) is 1.52. The van der Waals surface area contributed by atoms with Crippen LogP contribution >= 0.6 is 0 Å². The van der Waals surface area contributed by atoms with E-state index in [-0.39, 0.29) is 13.2 Å². The molecule has 1 N–H and O–H groups in total. The minimum atomic E-state index is -0.734. The molecule has 0 aromatic heterocycles. The molecule has 0 saturated heterocycles. The Morgan fingerprint density at radius 1 is 1.35 bits per heavy atom. The molecule has 4 heteroatoms. The molecule has 0 heterocycles. The minimum Gasteiger partial charge on any atom is -0.481 e. The summed E-state index contributed by atoms with van der Waals surface area (Å²) in [6.07, 6.45) is 2.69. The number of aryl methyl sites for hydroxylation is 1. The second-order valence-corrected chi connectivity index (χ2v) is 3.80. The number of carbonyl (C=O) groups is 1. The van der Waals surface area contributed by atoms with Crippen LogP contribution in [0.4, 0.5) is 0 Å². The van der Waals surface area contributed by atoms with Gasteiger partial charge in [0.2, 0.25) is 0 Å². The van der Waals surface area contributed by atoms with Crippen molar-refractivity contribution >= 4 is 5.97 Å². The molecule has 4 nitrogen and oxygen atoms in total. The molecule has 0 unspecified atom stereocenters. The zero-order chi connectivity index (χ0) is 12.5. The Morgan fingerprint density at radius 3 is 2.88 bits per heavy atom. The van der Waals surface area contributed by atoms with E-state index in [4.69, 9.17) is 14.6 Å². The molecule has 0 radical (unpaired) electrons. The molecule has 0 bridgehead atoms. The van der Waals surface area contributed by atoms with Crippen molar-refractivity contribution in [3.63, 3.8) is 0 Å². The number of rotatable bonds is 8. The summed E-state index contributed by atoms with van der Waals surface area (Å²) in [5.74, 6) is 0.0461. The SMILES string of the molecule is COCOc1cccc(CCCCC(=O)O)c1. The third kappa shape index (κ3) is 5.92. The summed E-state index contributed by atoms with van der Waals surface area (Å²) in [5.41, 5.74) is 1.16. The number of carboxylic acid groups (broad SMARTS) is 1. The first-order valence-electron chi connectivity index (χ1n) is 5.65. The third-order valence-electron chi connectivity index (χ3n) is 2.35. The molecule has 0 atom stereocenters. The Balaban J connectivity index is 2.34. The van der Waals surface area contributed by atoms with Crippen molar-refractivity contribution in [2.75, 3.05) is 13.9 Å². The lowest BCUT2D eigenvalue weighted by Gasteiger charge is -2.06. The molecule has 0 spiro atoms. The third-order valence-corrected chi connectivity index (χ3v) is 2.35. The van der Waals surface area contributed by atoms with Crippen LogP contribution < -0.4 is 4.74 Å². The van der Waals surface area contributed by atoms with E-state index >= 15 is 0 Å². The highest BCUT2D eigenvalue weighted by molar-refractivity contribution is 5.66. The summed E-state index contributed by atoms with van der Waals surface area (Å²) in [6, 6.07) is 7.78. The molecule has 0 amide bonds. The number of methoxy groups -OCH3 is 1. The predicted molar refractivity (Wildman–Crippen MR) is 64.1 cm³/mol. The average Bonchev–Trinajstić information content (AvgIpc) is 2.32. The number of hydrogen-bond donors (Lipinski definition) is 1. The van der Waals surface area contributed by atoms with E-state index in [0.717, 1.165) is 24.2 Å². The molecule has 17 heavy (non-hydrogen) atoms. The van der Waals surface area contributed by atoms with E-state index in [1.54, 1.807) is 7.11 Å². The van der Waals surface area contributed by atoms with E-state index in [1.165, 1.54) is 0 Å². The normalized spacial score (nSPS) is 10.2. The molecule has 94 valence electrons. The van der Waals surface area contributed by atoms with Crippen LogP contribution in [0.5, 0.6) is 5.75 Å². The zero-order valence-corrected chi connectivity index (χ0v) is 10.0. The molecular weight excluding hydrogens is 220 g/mol. The molecule has 0 saturated carbocycles. The van der Waals surface area contributed by atoms with E-state index in [1.807, 2.05) is 24.3 Å². The molecular formula is C13H18O4. The van der Waals surface area contributed by atoms with Crippen LogP contribution in [0.3, 0.4) is 0 Å². The Bertz CT molecular complexity index is 349. The van der Waals surface area contributed by atoms with Crippen molar-refractivity contribution < 1.29 is 19.4 Å². The Kier molecular flexibility index (Phi) is 6.10. The first-order chi connectivity index (χ1) is 8.22. The summed E-state index contributed by atoms with van der Waals surface area (Å²) in [4.78, 5) is 10.3. The van der Waals surface area contributed by atoms with E-state index < -0.39 is 5.97 Å². The maximum atomic E-state index is 10.3. The quantitative estimate of drug-likeness (QED) is 0.558. The molecule has 0 fully saturated rings. The van der Waals surface area contributed by atoms with Gasteiger partial charge < -0.3 is 14.6 Å². The maximum absolute atomic E-state index is 10.3. The van der Waals surface area contributed by atoms with Crippen molar-refractivity contribution in [3.05, 3.63) is 29.8 Å². The summed E-state index contributed by atoms with van der Waals surface area (Å²) < 4.78 is 10.1. The van der Waals surface area contributed by atoms with Crippen LogP contribution in [-0.4, -0.2) is 25.0 Å². The van der Waals surface area contributed by atoms with Crippen molar-refractivity contribution in [2.24, 2.45) is 0 Å². The van der Waals surface area contributed by atoms with E-state index in [2.05, 4.69) is 0 Å². The Hall–Kier alpha value is -1.55. The van der Waals surface area contributed by atoms with Gasteiger partial charge in [0.15, 0.2) is 6.79 Å². The summed E-state index contributed by atoms with van der Waals surface area (Å²) >= 11 is 0. The molecule has 0 aliphatic carbocycles. The lowest BCUT2D eigenvalue weighted by Crippen LogP contribution is -1.99. The molecule has 1 rings (SSSR count). The van der Waals surface area contributed by atoms with Crippen molar-refractivity contribution in [3.8, 4) is 5.75 Å². The number of aliphatic carboxylic acids is 1. The van der Waals surface area contributed by atoms with Crippen LogP contribution in [0.2, 0.25) is 0 Å². The van der Waals surface area contributed by atoms with Crippen LogP contribution in [0, 0.1) is 0 Å². The van der Waals surface area contributed by atoms with Crippen molar-refractivity contribution in [1.82, 2.24) is 0 Å². The molecule has 1 aromatic rings. The second kappa shape index (κ2) is 7.68. The first-order valence-corrected chi connectivity index (χ1v) is 5.65. The highest BCUT2D eigenvalue weighted by atomic mass is 16.7. The first kappa shape index (κ1) is 13.5. The Labute approximate surface area is 101 Å². The van der Waals surface area contributed by atoms with Gasteiger partial charge in [-0.1, -0.05) is 12.1 Å². The number of unbranched alkanes of at least 4 members (excludes halogenated alkanes) is 1. The summed E-state index contributed by atoms with van der Waals surface area (Å²) in [7, 11) is 1.58. The van der Waals surface area contributed by atoms with Gasteiger partial charge in [0.1, 0.15) is 5.75 Å². The Morgan fingerprint density at radius 2 is 2.18 bits per heavy atom. The van der Waals surface area contributed by atoms with Gasteiger partial charge in [-0.25, -0.2) is 0 Å². The van der Waals surface area contributed by atoms with Gasteiger partial charge in [0.05, 0.1) is 0 Å². The van der Waals surface area contributed by atoms with Gasteiger partial charge in [-0.05, 0) is 37.0 Å². The highest BCUT2D eigenvalue weighted by Gasteiger charge is 1.99. The lowest BCUT2D eigenvalue weighted by atomic mass is 10.1. The monoisotopic (exact) mass is 238 g/mol. The maximum Gasteiger partial charge on any atom is 0.303 e. The van der Waals surface area contributed by atoms with Crippen LogP contribution in [0.25, 0.3) is 0 Å². The van der Waals surface area contributed by atoms with Gasteiger partial charge in [-0.3, -0.25) is 4.79 Å². The van der Waals surface area contributed by atoms with Gasteiger partial charge >= 0.3 is 5.97 Å². The largest absolute Gasteiger partial charge is 0.481 e. The summed E-state index contributed by atoms with van der Waals surface area (Å²) in [5, 5.41) is 8.52. The highest BCUT2D eigenvalue weighted by Crippen LogP contribution is 2.15. The molecule has 0 aliphatic heterocycles. The fourth-order valence-corrected chi connectivity index (χ4v) is 1.52. The number of hydrogen-bond acceptors (Lipinski definition) is 3. The second-order valence-electron chi connectivity index (χ2n) is 3.80. The molecule has 0 aliphatic rings. The van der Waals surface area contributed by atoms with Crippen molar-refractivity contribution in [1.29, 1.82) is 0 Å². The predicted octanol–water partition coefficient (Wildman–Crippen LogP) is 2.47. The van der Waals surface area contributed by atoms with E-state index in [0.29, 0.717) is 6.42 Å². The van der Waals surface area contributed by atoms with Crippen LogP contribution in [0.15, 0.2) is 24.3 Å². The number of benzene rings is 1. The summed E-state index contributed by atoms with van der Waals surface area (Å²) in [6.45, 7) is 0.239. The van der Waals surface area contributed by atoms with Crippen molar-refractivity contribution in [2.45, 2.75) is 25.7 Å². The van der Waals surface area contributed by atoms with Crippen LogP contribution in [0.1, 0.15) is 24.8 Å². The van der Waals surface area contributed by atoms with Gasteiger partial charge in [-0.15, -0.1) is 0 Å². The number of ether oxygens (including phenoxy) is 2. The smallest absolute Gasteiger partial charge is 0.303 e. The topological polar surface area (TPSA) is 55.8 Å². The average molecular weight is 238 g/mol. The minimum absolute atomic E-state index is 0.236. The van der Waals surface area contributed by atoms with Gasteiger partial charge in [0.25, 0.3) is 0 Å². The lowest BCUT2D eigenvalue weighted by molar-refractivity contribution is -0.137. The molecule has 1 aromatic carbocycles.